The van der Waals surface area contributed by atoms with Crippen LogP contribution in [0, 0.1) is 0 Å². The molecular weight excluding hydrogens is 448 g/mol. The zero-order valence-corrected chi connectivity index (χ0v) is 18.8. The van der Waals surface area contributed by atoms with Crippen LogP contribution in [0.4, 0.5) is 5.82 Å². The van der Waals surface area contributed by atoms with Gasteiger partial charge in [0.2, 0.25) is 15.7 Å². The fourth-order valence-electron chi connectivity index (χ4n) is 3.70. The summed E-state index contributed by atoms with van der Waals surface area (Å²) in [6.45, 7) is 1.66. The van der Waals surface area contributed by atoms with Gasteiger partial charge < -0.3 is 15.6 Å². The number of aromatic amines is 1. The number of carbonyl (C=O) groups excluding carboxylic acids is 1. The maximum absolute atomic E-state index is 13.8. The number of sulfone groups is 1. The number of pyridine rings is 1. The molecule has 0 aliphatic carbocycles. The van der Waals surface area contributed by atoms with Gasteiger partial charge in [-0.05, 0) is 48.9 Å². The van der Waals surface area contributed by atoms with Gasteiger partial charge in [0.1, 0.15) is 10.7 Å². The molecule has 0 spiro atoms. The minimum Gasteiger partial charge on any atom is -0.368 e. The summed E-state index contributed by atoms with van der Waals surface area (Å²) in [7, 11) is -3.97. The third-order valence-corrected chi connectivity index (χ3v) is 7.34. The SMILES string of the molecule is CC(c1cccnc1)N(CC(N)=O)c1[nH]c2ccc(Cl)cc2c1S(=O)(=O)c1ccccc1. The summed E-state index contributed by atoms with van der Waals surface area (Å²) in [5, 5.41) is 0.832. The van der Waals surface area contributed by atoms with Crippen LogP contribution in [0.3, 0.4) is 0 Å². The van der Waals surface area contributed by atoms with Crippen LogP contribution in [0.1, 0.15) is 18.5 Å². The van der Waals surface area contributed by atoms with Gasteiger partial charge in [-0.1, -0.05) is 35.9 Å². The lowest BCUT2D eigenvalue weighted by Crippen LogP contribution is -2.36. The van der Waals surface area contributed by atoms with Crippen LogP contribution in [0.15, 0.2) is 82.8 Å². The van der Waals surface area contributed by atoms with E-state index in [-0.39, 0.29) is 22.2 Å². The normalized spacial score (nSPS) is 12.6. The van der Waals surface area contributed by atoms with Crippen molar-refractivity contribution in [2.75, 3.05) is 11.4 Å². The van der Waals surface area contributed by atoms with E-state index in [0.717, 1.165) is 5.56 Å². The quantitative estimate of drug-likeness (QED) is 0.424. The summed E-state index contributed by atoms with van der Waals surface area (Å²) in [5.41, 5.74) is 6.93. The number of halogens is 1. The van der Waals surface area contributed by atoms with Gasteiger partial charge in [0.05, 0.1) is 17.5 Å². The van der Waals surface area contributed by atoms with Crippen molar-refractivity contribution in [3.8, 4) is 0 Å². The first kappa shape index (κ1) is 21.9. The molecule has 7 nitrogen and oxygen atoms in total. The Kier molecular flexibility index (Phi) is 5.90. The van der Waals surface area contributed by atoms with Gasteiger partial charge in [-0.2, -0.15) is 0 Å². The van der Waals surface area contributed by atoms with E-state index in [1.807, 2.05) is 13.0 Å². The maximum atomic E-state index is 13.8. The topological polar surface area (TPSA) is 109 Å². The van der Waals surface area contributed by atoms with Crippen molar-refractivity contribution >= 4 is 44.1 Å². The number of nitrogens with zero attached hydrogens (tertiary/aromatic N) is 2. The third-order valence-electron chi connectivity index (χ3n) is 5.26. The molecular formula is C23H21ClN4O3S. The molecule has 32 heavy (non-hydrogen) atoms. The number of hydrogen-bond donors (Lipinski definition) is 2. The van der Waals surface area contributed by atoms with E-state index in [2.05, 4.69) is 9.97 Å². The van der Waals surface area contributed by atoms with Crippen LogP contribution >= 0.6 is 11.6 Å². The second kappa shape index (κ2) is 8.64. The van der Waals surface area contributed by atoms with Crippen LogP contribution in [-0.4, -0.2) is 30.8 Å². The van der Waals surface area contributed by atoms with E-state index in [1.165, 1.54) is 12.1 Å². The average molecular weight is 469 g/mol. The summed E-state index contributed by atoms with van der Waals surface area (Å²) < 4.78 is 27.5. The molecule has 0 radical (unpaired) electrons. The van der Waals surface area contributed by atoms with Crippen LogP contribution in [-0.2, 0) is 14.6 Å². The first-order valence-corrected chi connectivity index (χ1v) is 11.7. The van der Waals surface area contributed by atoms with Crippen LogP contribution in [0.2, 0.25) is 5.02 Å². The molecule has 1 atom stereocenters. The molecule has 3 N–H and O–H groups in total. The predicted octanol–water partition coefficient (Wildman–Crippen LogP) is 4.10. The number of H-pyrrole nitrogens is 1. The Morgan fingerprint density at radius 2 is 1.91 bits per heavy atom. The third kappa shape index (κ3) is 4.06. The molecule has 0 saturated carbocycles. The highest BCUT2D eigenvalue weighted by Gasteiger charge is 2.32. The molecule has 0 fully saturated rings. The number of hydrogen-bond acceptors (Lipinski definition) is 5. The number of primary amides is 1. The lowest BCUT2D eigenvalue weighted by molar-refractivity contribution is -0.116. The predicted molar refractivity (Wildman–Crippen MR) is 124 cm³/mol. The molecule has 164 valence electrons. The smallest absolute Gasteiger partial charge is 0.237 e. The largest absolute Gasteiger partial charge is 0.368 e. The summed E-state index contributed by atoms with van der Waals surface area (Å²) in [4.78, 5) is 21.1. The minimum atomic E-state index is -3.97. The number of rotatable bonds is 7. The zero-order chi connectivity index (χ0) is 22.9. The summed E-state index contributed by atoms with van der Waals surface area (Å²) in [6.07, 6.45) is 3.31. The number of aromatic nitrogens is 2. The molecule has 2 aromatic heterocycles. The molecule has 4 rings (SSSR count). The minimum absolute atomic E-state index is 0.0400. The van der Waals surface area contributed by atoms with Gasteiger partial charge in [0, 0.05) is 28.3 Å². The van der Waals surface area contributed by atoms with Crippen LogP contribution < -0.4 is 10.6 Å². The summed E-state index contributed by atoms with van der Waals surface area (Å²) in [5.74, 6) is -0.332. The van der Waals surface area contributed by atoms with Crippen molar-refractivity contribution in [3.63, 3.8) is 0 Å². The molecule has 2 aromatic carbocycles. The average Bonchev–Trinajstić information content (AvgIpc) is 3.17. The van der Waals surface area contributed by atoms with Crippen molar-refractivity contribution in [2.24, 2.45) is 5.73 Å². The van der Waals surface area contributed by atoms with Crippen molar-refractivity contribution < 1.29 is 13.2 Å². The number of nitrogens with one attached hydrogen (secondary N) is 1. The molecule has 2 heterocycles. The fraction of sp³-hybridized carbons (Fsp3) is 0.130. The Morgan fingerprint density at radius 1 is 1.16 bits per heavy atom. The van der Waals surface area contributed by atoms with Crippen molar-refractivity contribution in [3.05, 3.63) is 83.6 Å². The van der Waals surface area contributed by atoms with Gasteiger partial charge in [-0.15, -0.1) is 0 Å². The van der Waals surface area contributed by atoms with Crippen molar-refractivity contribution in [2.45, 2.75) is 22.8 Å². The summed E-state index contributed by atoms with van der Waals surface area (Å²) >= 11 is 6.21. The molecule has 0 saturated heterocycles. The highest BCUT2D eigenvalue weighted by molar-refractivity contribution is 7.92. The molecule has 0 aliphatic heterocycles. The number of anilines is 1. The van der Waals surface area contributed by atoms with Gasteiger partial charge in [0.15, 0.2) is 0 Å². The van der Waals surface area contributed by atoms with Crippen molar-refractivity contribution in [1.29, 1.82) is 0 Å². The number of amides is 1. The molecule has 4 aromatic rings. The Bertz CT molecular complexity index is 1370. The monoisotopic (exact) mass is 468 g/mol. The van der Waals surface area contributed by atoms with Crippen LogP contribution in [0.25, 0.3) is 10.9 Å². The molecule has 0 aliphatic rings. The van der Waals surface area contributed by atoms with Crippen LogP contribution in [0.5, 0.6) is 0 Å². The first-order chi connectivity index (χ1) is 15.3. The van der Waals surface area contributed by atoms with Crippen molar-refractivity contribution in [1.82, 2.24) is 9.97 Å². The summed E-state index contributed by atoms with van der Waals surface area (Å²) in [6, 6.07) is 16.4. The van der Waals surface area contributed by atoms with Gasteiger partial charge in [-0.25, -0.2) is 8.42 Å². The van der Waals surface area contributed by atoms with E-state index in [4.69, 9.17) is 17.3 Å². The molecule has 1 unspecified atom stereocenters. The molecule has 0 bridgehead atoms. The van der Waals surface area contributed by atoms with Gasteiger partial charge in [0.25, 0.3) is 0 Å². The fourth-order valence-corrected chi connectivity index (χ4v) is 5.50. The Morgan fingerprint density at radius 3 is 2.56 bits per heavy atom. The number of nitrogens with two attached hydrogens (primary N) is 1. The number of carbonyl (C=O) groups is 1. The van der Waals surface area contributed by atoms with E-state index in [0.29, 0.717) is 15.9 Å². The lowest BCUT2D eigenvalue weighted by atomic mass is 10.1. The second-order valence-electron chi connectivity index (χ2n) is 7.37. The standard InChI is InChI=1S/C23H21ClN4O3S/c1-15(16-6-5-11-26-13-16)28(14-21(25)29)23-22(19-12-17(24)9-10-20(19)27-23)32(30,31)18-7-3-2-4-8-18/h2-13,15,27H,14H2,1H3,(H2,25,29). The second-order valence-corrected chi connectivity index (χ2v) is 9.69. The molecule has 9 heteroatoms. The van der Waals surface area contributed by atoms with E-state index >= 15 is 0 Å². The Hall–Kier alpha value is -3.36. The number of benzene rings is 2. The van der Waals surface area contributed by atoms with Gasteiger partial charge >= 0.3 is 0 Å². The van der Waals surface area contributed by atoms with E-state index < -0.39 is 21.8 Å². The zero-order valence-electron chi connectivity index (χ0n) is 17.2. The highest BCUT2D eigenvalue weighted by Crippen LogP contribution is 2.40. The number of fused-ring (bicyclic) bond motifs is 1. The first-order valence-electron chi connectivity index (χ1n) is 9.85. The Labute approximate surface area is 190 Å². The Balaban J connectivity index is 2.00. The van der Waals surface area contributed by atoms with E-state index in [9.17, 15) is 13.2 Å². The lowest BCUT2D eigenvalue weighted by Gasteiger charge is -2.30. The van der Waals surface area contributed by atoms with E-state index in [1.54, 1.807) is 59.8 Å². The maximum Gasteiger partial charge on any atom is 0.237 e. The highest BCUT2D eigenvalue weighted by atomic mass is 35.5. The molecule has 1 amide bonds. The van der Waals surface area contributed by atoms with Gasteiger partial charge in [-0.3, -0.25) is 9.78 Å².